The fourth-order valence-corrected chi connectivity index (χ4v) is 5.79. The van der Waals surface area contributed by atoms with Crippen LogP contribution in [0.15, 0.2) is 48.5 Å². The molecule has 0 bridgehead atoms. The molecule has 2 aromatic carbocycles. The number of carbonyl (C=O) groups is 3. The number of para-hydroxylation sites is 1. The highest BCUT2D eigenvalue weighted by molar-refractivity contribution is 6.02. The molecular formula is C28H33N3O3. The topological polar surface area (TPSA) is 78.5 Å². The first-order chi connectivity index (χ1) is 16.6. The van der Waals surface area contributed by atoms with E-state index >= 15 is 0 Å². The summed E-state index contributed by atoms with van der Waals surface area (Å²) in [5, 5.41) is 6.09. The molecule has 0 spiro atoms. The SMILES string of the molecule is O=C(NC1CCCC1)c1ccc(NC(=O)[C@@H]2CCCC[C@H]2C(=O)N2CCc3ccccc32)cc1. The minimum absolute atomic E-state index is 0.0615. The number of rotatable bonds is 5. The number of benzene rings is 2. The van der Waals surface area contributed by atoms with Gasteiger partial charge in [-0.25, -0.2) is 0 Å². The average Bonchev–Trinajstić information content (AvgIpc) is 3.54. The molecule has 3 amide bonds. The van der Waals surface area contributed by atoms with Crippen LogP contribution in [0.2, 0.25) is 0 Å². The number of nitrogens with one attached hydrogen (secondary N) is 2. The predicted octanol–water partition coefficient (Wildman–Crippen LogP) is 4.69. The fourth-order valence-electron chi connectivity index (χ4n) is 5.79. The Balaban J connectivity index is 1.23. The van der Waals surface area contributed by atoms with Crippen LogP contribution in [-0.4, -0.2) is 30.3 Å². The highest BCUT2D eigenvalue weighted by atomic mass is 16.2. The molecule has 1 aliphatic heterocycles. The van der Waals surface area contributed by atoms with Gasteiger partial charge in [-0.1, -0.05) is 43.9 Å². The molecule has 34 heavy (non-hydrogen) atoms. The number of hydrogen-bond acceptors (Lipinski definition) is 3. The normalized spacial score (nSPS) is 22.3. The molecule has 5 rings (SSSR count). The lowest BCUT2D eigenvalue weighted by molar-refractivity contribution is -0.132. The zero-order valence-electron chi connectivity index (χ0n) is 19.6. The van der Waals surface area contributed by atoms with Gasteiger partial charge in [-0.05, 0) is 68.0 Å². The van der Waals surface area contributed by atoms with Crippen molar-refractivity contribution < 1.29 is 14.4 Å². The summed E-state index contributed by atoms with van der Waals surface area (Å²) in [7, 11) is 0. The lowest BCUT2D eigenvalue weighted by Crippen LogP contribution is -2.43. The van der Waals surface area contributed by atoms with Crippen LogP contribution in [0.4, 0.5) is 11.4 Å². The Labute approximate surface area is 201 Å². The molecule has 2 N–H and O–H groups in total. The van der Waals surface area contributed by atoms with Gasteiger partial charge in [0.15, 0.2) is 0 Å². The molecule has 2 aromatic rings. The third kappa shape index (κ3) is 4.72. The van der Waals surface area contributed by atoms with Gasteiger partial charge in [0, 0.05) is 35.4 Å². The minimum atomic E-state index is -0.334. The maximum Gasteiger partial charge on any atom is 0.251 e. The van der Waals surface area contributed by atoms with E-state index in [1.54, 1.807) is 24.3 Å². The molecule has 0 radical (unpaired) electrons. The number of anilines is 2. The van der Waals surface area contributed by atoms with Crippen molar-refractivity contribution in [2.75, 3.05) is 16.8 Å². The Kier molecular flexibility index (Phi) is 6.66. The molecule has 6 heteroatoms. The van der Waals surface area contributed by atoms with Gasteiger partial charge in [0.2, 0.25) is 11.8 Å². The van der Waals surface area contributed by atoms with Crippen LogP contribution < -0.4 is 15.5 Å². The van der Waals surface area contributed by atoms with Gasteiger partial charge in [0.1, 0.15) is 0 Å². The summed E-state index contributed by atoms with van der Waals surface area (Å²) in [6.45, 7) is 0.688. The van der Waals surface area contributed by atoms with Crippen LogP contribution >= 0.6 is 0 Å². The Morgan fingerprint density at radius 2 is 1.47 bits per heavy atom. The second kappa shape index (κ2) is 10.00. The monoisotopic (exact) mass is 459 g/mol. The van der Waals surface area contributed by atoms with Crippen LogP contribution in [0, 0.1) is 11.8 Å². The van der Waals surface area contributed by atoms with Crippen molar-refractivity contribution in [3.63, 3.8) is 0 Å². The third-order valence-corrected chi connectivity index (χ3v) is 7.68. The maximum atomic E-state index is 13.5. The zero-order valence-corrected chi connectivity index (χ0v) is 19.6. The van der Waals surface area contributed by atoms with E-state index in [2.05, 4.69) is 16.7 Å². The summed E-state index contributed by atoms with van der Waals surface area (Å²) in [4.78, 5) is 41.1. The van der Waals surface area contributed by atoms with E-state index in [4.69, 9.17) is 0 Å². The van der Waals surface area contributed by atoms with Crippen molar-refractivity contribution >= 4 is 29.1 Å². The molecule has 0 unspecified atom stereocenters. The third-order valence-electron chi connectivity index (χ3n) is 7.68. The number of fused-ring (bicyclic) bond motifs is 1. The van der Waals surface area contributed by atoms with E-state index < -0.39 is 0 Å². The zero-order chi connectivity index (χ0) is 23.5. The van der Waals surface area contributed by atoms with Gasteiger partial charge in [-0.2, -0.15) is 0 Å². The van der Waals surface area contributed by atoms with E-state index in [-0.39, 0.29) is 35.6 Å². The quantitative estimate of drug-likeness (QED) is 0.681. The van der Waals surface area contributed by atoms with Gasteiger partial charge < -0.3 is 15.5 Å². The molecule has 3 aliphatic rings. The van der Waals surface area contributed by atoms with Crippen LogP contribution in [-0.2, 0) is 16.0 Å². The Bertz CT molecular complexity index is 1060. The Morgan fingerprint density at radius 1 is 0.794 bits per heavy atom. The molecule has 0 aromatic heterocycles. The molecule has 2 atom stereocenters. The lowest BCUT2D eigenvalue weighted by atomic mass is 9.77. The fraction of sp³-hybridized carbons (Fsp3) is 0.464. The van der Waals surface area contributed by atoms with Crippen molar-refractivity contribution in [1.29, 1.82) is 0 Å². The van der Waals surface area contributed by atoms with Crippen LogP contribution in [0.3, 0.4) is 0 Å². The molecule has 178 valence electrons. The highest BCUT2D eigenvalue weighted by Gasteiger charge is 2.39. The second-order valence-corrected chi connectivity index (χ2v) is 9.89. The van der Waals surface area contributed by atoms with Crippen molar-refractivity contribution in [2.24, 2.45) is 11.8 Å². The van der Waals surface area contributed by atoms with Crippen molar-refractivity contribution in [3.8, 4) is 0 Å². The van der Waals surface area contributed by atoms with Gasteiger partial charge in [0.25, 0.3) is 5.91 Å². The lowest BCUT2D eigenvalue weighted by Gasteiger charge is -2.32. The van der Waals surface area contributed by atoms with Gasteiger partial charge in [-0.3, -0.25) is 14.4 Å². The minimum Gasteiger partial charge on any atom is -0.349 e. The van der Waals surface area contributed by atoms with Crippen LogP contribution in [0.25, 0.3) is 0 Å². The molecule has 1 heterocycles. The van der Waals surface area contributed by atoms with Gasteiger partial charge in [0.05, 0.1) is 5.92 Å². The highest BCUT2D eigenvalue weighted by Crippen LogP contribution is 2.36. The summed E-state index contributed by atoms with van der Waals surface area (Å²) in [6.07, 6.45) is 8.70. The number of carbonyl (C=O) groups excluding carboxylic acids is 3. The summed E-state index contributed by atoms with van der Waals surface area (Å²) >= 11 is 0. The number of nitrogens with zero attached hydrogens (tertiary/aromatic N) is 1. The van der Waals surface area contributed by atoms with Crippen molar-refractivity contribution in [1.82, 2.24) is 5.32 Å². The summed E-state index contributed by atoms with van der Waals surface area (Å²) < 4.78 is 0. The van der Waals surface area contributed by atoms with Crippen LogP contribution in [0.1, 0.15) is 67.3 Å². The second-order valence-electron chi connectivity index (χ2n) is 9.89. The predicted molar refractivity (Wildman–Crippen MR) is 133 cm³/mol. The average molecular weight is 460 g/mol. The van der Waals surface area contributed by atoms with E-state index in [1.807, 2.05) is 23.1 Å². The largest absolute Gasteiger partial charge is 0.349 e. The van der Waals surface area contributed by atoms with E-state index in [9.17, 15) is 14.4 Å². The van der Waals surface area contributed by atoms with Gasteiger partial charge in [-0.15, -0.1) is 0 Å². The number of amides is 3. The van der Waals surface area contributed by atoms with E-state index in [0.717, 1.165) is 50.6 Å². The first-order valence-electron chi connectivity index (χ1n) is 12.7. The smallest absolute Gasteiger partial charge is 0.251 e. The molecule has 2 aliphatic carbocycles. The van der Waals surface area contributed by atoms with E-state index in [1.165, 1.54) is 18.4 Å². The first kappa shape index (κ1) is 22.6. The molecule has 0 saturated heterocycles. The maximum absolute atomic E-state index is 13.5. The van der Waals surface area contributed by atoms with E-state index in [0.29, 0.717) is 17.8 Å². The molecule has 2 saturated carbocycles. The first-order valence-corrected chi connectivity index (χ1v) is 12.7. The number of hydrogen-bond donors (Lipinski definition) is 2. The standard InChI is InChI=1S/C28H33N3O3/c32-26(29-21-8-2-3-9-21)20-13-15-22(16-14-20)30-27(33)23-10-4-5-11-24(23)28(34)31-18-17-19-7-1-6-12-25(19)31/h1,6-7,12-16,21,23-24H,2-5,8-11,17-18H2,(H,29,32)(H,30,33)/t23-,24-/m1/s1. The van der Waals surface area contributed by atoms with Crippen molar-refractivity contribution in [2.45, 2.75) is 63.8 Å². The summed E-state index contributed by atoms with van der Waals surface area (Å²) in [5.74, 6) is -0.721. The summed E-state index contributed by atoms with van der Waals surface area (Å²) in [5.41, 5.74) is 3.45. The van der Waals surface area contributed by atoms with Gasteiger partial charge >= 0.3 is 0 Å². The Morgan fingerprint density at radius 3 is 2.24 bits per heavy atom. The van der Waals surface area contributed by atoms with Crippen molar-refractivity contribution in [3.05, 3.63) is 59.7 Å². The Hall–Kier alpha value is -3.15. The molecule has 6 nitrogen and oxygen atoms in total. The summed E-state index contributed by atoms with van der Waals surface area (Å²) in [6, 6.07) is 15.4. The van der Waals surface area contributed by atoms with Crippen LogP contribution in [0.5, 0.6) is 0 Å². The molecule has 2 fully saturated rings. The molecular weight excluding hydrogens is 426 g/mol.